The Labute approximate surface area is 73.3 Å². The minimum absolute atomic E-state index is 0. The van der Waals surface area contributed by atoms with Crippen LogP contribution < -0.4 is 0 Å². The number of hydrogen-bond donors (Lipinski definition) is 0. The van der Waals surface area contributed by atoms with Gasteiger partial charge < -0.3 is 4.90 Å². The zero-order chi connectivity index (χ0) is 6.69. The summed E-state index contributed by atoms with van der Waals surface area (Å²) in [5, 5.41) is 0. The second kappa shape index (κ2) is 4.74. The molecule has 10 heavy (non-hydrogen) atoms. The summed E-state index contributed by atoms with van der Waals surface area (Å²) >= 11 is 0. The van der Waals surface area contributed by atoms with Gasteiger partial charge in [0.15, 0.2) is 0 Å². The normalized spacial score (nSPS) is 18.7. The number of hydrogen-bond acceptors (Lipinski definition) is 2. The standard InChI is InChI=1S/C7H14N2.BrH/c1-3-8-5-6-9(4-2)7-8;/h3H,1,4-7H2,2H3;1H. The van der Waals surface area contributed by atoms with Gasteiger partial charge in [-0.15, -0.1) is 17.0 Å². The lowest BCUT2D eigenvalue weighted by molar-refractivity contribution is 0.303. The Kier molecular flexibility index (Phi) is 4.73. The van der Waals surface area contributed by atoms with Crippen LogP contribution in [0.2, 0.25) is 0 Å². The van der Waals surface area contributed by atoms with Crippen LogP contribution in [0.3, 0.4) is 0 Å². The Morgan fingerprint density at radius 2 is 2.20 bits per heavy atom. The zero-order valence-corrected chi connectivity index (χ0v) is 8.13. The second-order valence-electron chi connectivity index (χ2n) is 2.35. The predicted octanol–water partition coefficient (Wildman–Crippen LogP) is 1.30. The van der Waals surface area contributed by atoms with Crippen LogP contribution in [0, 0.1) is 0 Å². The monoisotopic (exact) mass is 206 g/mol. The van der Waals surface area contributed by atoms with Gasteiger partial charge in [-0.05, 0) is 12.7 Å². The summed E-state index contributed by atoms with van der Waals surface area (Å²) in [7, 11) is 0. The van der Waals surface area contributed by atoms with E-state index in [9.17, 15) is 0 Å². The van der Waals surface area contributed by atoms with E-state index in [-0.39, 0.29) is 17.0 Å². The maximum atomic E-state index is 3.71. The van der Waals surface area contributed by atoms with Gasteiger partial charge in [0.05, 0.1) is 6.67 Å². The van der Waals surface area contributed by atoms with Crippen LogP contribution in [-0.4, -0.2) is 36.1 Å². The molecular weight excluding hydrogens is 192 g/mol. The van der Waals surface area contributed by atoms with Crippen LogP contribution >= 0.6 is 17.0 Å². The lowest BCUT2D eigenvalue weighted by atomic mass is 10.6. The van der Waals surface area contributed by atoms with E-state index in [0.29, 0.717) is 0 Å². The van der Waals surface area contributed by atoms with Gasteiger partial charge >= 0.3 is 0 Å². The summed E-state index contributed by atoms with van der Waals surface area (Å²) in [6.07, 6.45) is 1.91. The number of likely N-dealkylation sites (N-methyl/N-ethyl adjacent to an activating group) is 1. The van der Waals surface area contributed by atoms with Crippen LogP contribution in [0.15, 0.2) is 12.8 Å². The molecule has 0 bridgehead atoms. The van der Waals surface area contributed by atoms with Gasteiger partial charge in [-0.2, -0.15) is 0 Å². The summed E-state index contributed by atoms with van der Waals surface area (Å²) in [5.74, 6) is 0. The molecule has 60 valence electrons. The molecule has 1 rings (SSSR count). The lowest BCUT2D eigenvalue weighted by Crippen LogP contribution is -2.21. The summed E-state index contributed by atoms with van der Waals surface area (Å²) in [4.78, 5) is 4.62. The fourth-order valence-electron chi connectivity index (χ4n) is 1.08. The first-order valence-corrected chi connectivity index (χ1v) is 3.45. The highest BCUT2D eigenvalue weighted by Gasteiger charge is 2.13. The molecule has 0 spiro atoms. The highest BCUT2D eigenvalue weighted by atomic mass is 79.9. The summed E-state index contributed by atoms with van der Waals surface area (Å²) < 4.78 is 0. The molecule has 0 aromatic rings. The summed E-state index contributed by atoms with van der Waals surface area (Å²) in [5.41, 5.74) is 0. The molecule has 2 nitrogen and oxygen atoms in total. The number of rotatable bonds is 2. The highest BCUT2D eigenvalue weighted by Crippen LogP contribution is 2.02. The average Bonchev–Trinajstić information content (AvgIpc) is 2.34. The van der Waals surface area contributed by atoms with E-state index in [0.717, 1.165) is 19.8 Å². The smallest absolute Gasteiger partial charge is 0.0702 e. The van der Waals surface area contributed by atoms with Gasteiger partial charge in [0.25, 0.3) is 0 Å². The fourth-order valence-corrected chi connectivity index (χ4v) is 1.08. The fraction of sp³-hybridized carbons (Fsp3) is 0.714. The maximum Gasteiger partial charge on any atom is 0.0702 e. The van der Waals surface area contributed by atoms with Crippen molar-refractivity contribution in [3.05, 3.63) is 12.8 Å². The topological polar surface area (TPSA) is 6.48 Å². The van der Waals surface area contributed by atoms with Gasteiger partial charge in [-0.25, -0.2) is 0 Å². The van der Waals surface area contributed by atoms with Gasteiger partial charge in [-0.1, -0.05) is 13.5 Å². The predicted molar refractivity (Wildman–Crippen MR) is 49.3 cm³/mol. The molecule has 0 aromatic heterocycles. The van der Waals surface area contributed by atoms with E-state index in [1.165, 1.54) is 6.54 Å². The van der Waals surface area contributed by atoms with E-state index < -0.39 is 0 Å². The third-order valence-corrected chi connectivity index (χ3v) is 1.79. The number of halogens is 1. The van der Waals surface area contributed by atoms with Crippen molar-refractivity contribution in [2.75, 3.05) is 26.3 Å². The molecule has 0 saturated carbocycles. The van der Waals surface area contributed by atoms with Gasteiger partial charge in [0, 0.05) is 13.1 Å². The summed E-state index contributed by atoms with van der Waals surface area (Å²) in [6.45, 7) is 10.5. The Bertz CT molecular complexity index is 106. The van der Waals surface area contributed by atoms with Crippen molar-refractivity contribution in [3.63, 3.8) is 0 Å². The van der Waals surface area contributed by atoms with Gasteiger partial charge in [-0.3, -0.25) is 4.90 Å². The Morgan fingerprint density at radius 3 is 2.50 bits per heavy atom. The Balaban J connectivity index is 0.000000810. The maximum absolute atomic E-state index is 3.71. The van der Waals surface area contributed by atoms with Crippen LogP contribution in [0.1, 0.15) is 6.92 Å². The van der Waals surface area contributed by atoms with E-state index in [4.69, 9.17) is 0 Å². The SMILES string of the molecule is Br.C=CN1CCN(CC)C1. The minimum atomic E-state index is 0. The molecule has 1 aliphatic rings. The lowest BCUT2D eigenvalue weighted by Gasteiger charge is -2.12. The van der Waals surface area contributed by atoms with Crippen molar-refractivity contribution >= 4 is 17.0 Å². The quantitative estimate of drug-likeness (QED) is 0.673. The van der Waals surface area contributed by atoms with Crippen molar-refractivity contribution < 1.29 is 0 Å². The van der Waals surface area contributed by atoms with E-state index in [1.807, 2.05) is 6.20 Å². The molecule has 0 aliphatic carbocycles. The Morgan fingerprint density at radius 1 is 1.50 bits per heavy atom. The molecule has 0 aromatic carbocycles. The largest absolute Gasteiger partial charge is 0.364 e. The van der Waals surface area contributed by atoms with Crippen molar-refractivity contribution in [1.82, 2.24) is 9.80 Å². The molecular formula is C7H15BrN2. The minimum Gasteiger partial charge on any atom is -0.364 e. The number of nitrogens with zero attached hydrogens (tertiary/aromatic N) is 2. The zero-order valence-electron chi connectivity index (χ0n) is 6.42. The molecule has 1 heterocycles. The van der Waals surface area contributed by atoms with Crippen molar-refractivity contribution in [1.29, 1.82) is 0 Å². The molecule has 0 amide bonds. The molecule has 0 N–H and O–H groups in total. The molecule has 0 atom stereocenters. The van der Waals surface area contributed by atoms with Crippen molar-refractivity contribution in [3.8, 4) is 0 Å². The average molecular weight is 207 g/mol. The molecule has 1 aliphatic heterocycles. The van der Waals surface area contributed by atoms with E-state index in [1.54, 1.807) is 0 Å². The van der Waals surface area contributed by atoms with Crippen molar-refractivity contribution in [2.45, 2.75) is 6.92 Å². The van der Waals surface area contributed by atoms with Crippen LogP contribution in [0.25, 0.3) is 0 Å². The van der Waals surface area contributed by atoms with Gasteiger partial charge in [0.1, 0.15) is 0 Å². The third kappa shape index (κ3) is 2.31. The van der Waals surface area contributed by atoms with Gasteiger partial charge in [0.2, 0.25) is 0 Å². The van der Waals surface area contributed by atoms with Crippen LogP contribution in [0.4, 0.5) is 0 Å². The Hall–Kier alpha value is -0.0200. The molecule has 1 saturated heterocycles. The van der Waals surface area contributed by atoms with Crippen molar-refractivity contribution in [2.24, 2.45) is 0 Å². The first-order chi connectivity index (χ1) is 4.36. The molecule has 1 fully saturated rings. The van der Waals surface area contributed by atoms with E-state index >= 15 is 0 Å². The first-order valence-electron chi connectivity index (χ1n) is 3.45. The van der Waals surface area contributed by atoms with E-state index in [2.05, 4.69) is 23.3 Å². The molecule has 3 heteroatoms. The summed E-state index contributed by atoms with van der Waals surface area (Å²) in [6, 6.07) is 0. The highest BCUT2D eigenvalue weighted by molar-refractivity contribution is 8.93. The van der Waals surface area contributed by atoms with Crippen LogP contribution in [0.5, 0.6) is 0 Å². The molecule has 0 radical (unpaired) electrons. The second-order valence-corrected chi connectivity index (χ2v) is 2.35. The third-order valence-electron chi connectivity index (χ3n) is 1.79. The first kappa shape index (κ1) is 9.98. The molecule has 0 unspecified atom stereocenters. The van der Waals surface area contributed by atoms with Crippen LogP contribution in [-0.2, 0) is 0 Å².